The van der Waals surface area contributed by atoms with Gasteiger partial charge in [-0.1, -0.05) is 18.2 Å². The minimum absolute atomic E-state index is 0.0201. The summed E-state index contributed by atoms with van der Waals surface area (Å²) in [7, 11) is 0. The lowest BCUT2D eigenvalue weighted by Crippen LogP contribution is -2.44. The standard InChI is InChI=1S/C18H21NO3/c1-11-9-13-10-19(8-7-15(13)21-11)18(20)17-12(2)14-5-3-4-6-16(14)22-17/h3-6,11,13,15H,7-10H2,1-2H3/t11-,13-,15+/m0/s1. The monoisotopic (exact) mass is 299 g/mol. The molecule has 4 heteroatoms. The van der Waals surface area contributed by atoms with Crippen LogP contribution >= 0.6 is 0 Å². The molecule has 0 radical (unpaired) electrons. The van der Waals surface area contributed by atoms with Crippen LogP contribution in [-0.2, 0) is 4.74 Å². The summed E-state index contributed by atoms with van der Waals surface area (Å²) < 4.78 is 11.7. The van der Waals surface area contributed by atoms with E-state index in [1.54, 1.807) is 0 Å². The third-order valence-electron chi connectivity index (χ3n) is 5.03. The fourth-order valence-electron chi connectivity index (χ4n) is 3.90. The normalized spacial score (nSPS) is 28.1. The molecule has 0 saturated carbocycles. The molecule has 1 aromatic carbocycles. The summed E-state index contributed by atoms with van der Waals surface area (Å²) in [4.78, 5) is 14.8. The first-order chi connectivity index (χ1) is 10.6. The SMILES string of the molecule is Cc1c(C(=O)N2CC[C@H]3O[C@@H](C)C[C@H]3C2)oc2ccccc12. The van der Waals surface area contributed by atoms with Gasteiger partial charge in [0.05, 0.1) is 12.2 Å². The molecule has 22 heavy (non-hydrogen) atoms. The van der Waals surface area contributed by atoms with Gasteiger partial charge < -0.3 is 14.1 Å². The van der Waals surface area contributed by atoms with Gasteiger partial charge in [-0.15, -0.1) is 0 Å². The third-order valence-corrected chi connectivity index (χ3v) is 5.03. The first-order valence-corrected chi connectivity index (χ1v) is 8.06. The van der Waals surface area contributed by atoms with Crippen LogP contribution in [0.25, 0.3) is 11.0 Å². The minimum Gasteiger partial charge on any atom is -0.451 e. The molecule has 0 unspecified atom stereocenters. The highest BCUT2D eigenvalue weighted by Gasteiger charge is 2.39. The maximum atomic E-state index is 12.9. The Labute approximate surface area is 130 Å². The molecule has 2 aromatic rings. The summed E-state index contributed by atoms with van der Waals surface area (Å²) in [6.07, 6.45) is 2.63. The maximum absolute atomic E-state index is 12.9. The van der Waals surface area contributed by atoms with E-state index in [-0.39, 0.29) is 5.91 Å². The molecule has 2 fully saturated rings. The Balaban J connectivity index is 1.60. The van der Waals surface area contributed by atoms with Crippen molar-refractivity contribution >= 4 is 16.9 Å². The number of carbonyl (C=O) groups excluding carboxylic acids is 1. The van der Waals surface area contributed by atoms with Crippen molar-refractivity contribution in [1.29, 1.82) is 0 Å². The molecule has 4 nitrogen and oxygen atoms in total. The lowest BCUT2D eigenvalue weighted by atomic mass is 9.93. The average Bonchev–Trinajstić information content (AvgIpc) is 3.05. The van der Waals surface area contributed by atoms with E-state index in [1.165, 1.54) is 0 Å². The van der Waals surface area contributed by atoms with Crippen molar-refractivity contribution in [1.82, 2.24) is 4.90 Å². The van der Waals surface area contributed by atoms with Crippen LogP contribution < -0.4 is 0 Å². The molecule has 2 saturated heterocycles. The zero-order valence-electron chi connectivity index (χ0n) is 13.0. The smallest absolute Gasteiger partial charge is 0.289 e. The molecule has 0 bridgehead atoms. The number of likely N-dealkylation sites (tertiary alicyclic amines) is 1. The molecule has 4 rings (SSSR count). The Kier molecular flexibility index (Phi) is 3.22. The van der Waals surface area contributed by atoms with Crippen molar-refractivity contribution < 1.29 is 13.9 Å². The lowest BCUT2D eigenvalue weighted by Gasteiger charge is -2.33. The highest BCUT2D eigenvalue weighted by Crippen LogP contribution is 2.34. The number of amides is 1. The summed E-state index contributed by atoms with van der Waals surface area (Å²) in [5.74, 6) is 0.982. The quantitative estimate of drug-likeness (QED) is 0.810. The number of benzene rings is 1. The molecular weight excluding hydrogens is 278 g/mol. The van der Waals surface area contributed by atoms with E-state index in [9.17, 15) is 4.79 Å². The Morgan fingerprint density at radius 3 is 2.95 bits per heavy atom. The second-order valence-electron chi connectivity index (χ2n) is 6.57. The van der Waals surface area contributed by atoms with E-state index in [0.29, 0.717) is 23.9 Å². The van der Waals surface area contributed by atoms with Gasteiger partial charge in [0.1, 0.15) is 5.58 Å². The topological polar surface area (TPSA) is 42.7 Å². The number of ether oxygens (including phenoxy) is 1. The molecule has 2 aliphatic heterocycles. The molecule has 3 heterocycles. The van der Waals surface area contributed by atoms with E-state index in [1.807, 2.05) is 36.1 Å². The van der Waals surface area contributed by atoms with Crippen LogP contribution in [0.15, 0.2) is 28.7 Å². The molecule has 0 N–H and O–H groups in total. The fraction of sp³-hybridized carbons (Fsp3) is 0.500. The van der Waals surface area contributed by atoms with Gasteiger partial charge in [0, 0.05) is 30.0 Å². The number of rotatable bonds is 1. The minimum atomic E-state index is 0.0201. The van der Waals surface area contributed by atoms with E-state index in [4.69, 9.17) is 9.15 Å². The number of piperidine rings is 1. The van der Waals surface area contributed by atoms with Crippen LogP contribution in [0.1, 0.15) is 35.9 Å². The second kappa shape index (κ2) is 5.13. The van der Waals surface area contributed by atoms with Gasteiger partial charge in [0.15, 0.2) is 5.76 Å². The predicted molar refractivity (Wildman–Crippen MR) is 83.9 cm³/mol. The Hall–Kier alpha value is -1.81. The molecule has 0 aliphatic carbocycles. The van der Waals surface area contributed by atoms with Gasteiger partial charge in [-0.3, -0.25) is 4.79 Å². The second-order valence-corrected chi connectivity index (χ2v) is 6.57. The number of nitrogens with zero attached hydrogens (tertiary/aromatic N) is 1. The number of carbonyl (C=O) groups is 1. The van der Waals surface area contributed by atoms with Crippen molar-refractivity contribution in [2.45, 2.75) is 38.9 Å². The summed E-state index contributed by atoms with van der Waals surface area (Å²) in [5, 5.41) is 1.03. The maximum Gasteiger partial charge on any atom is 0.289 e. The van der Waals surface area contributed by atoms with E-state index >= 15 is 0 Å². The van der Waals surface area contributed by atoms with Crippen LogP contribution in [0.3, 0.4) is 0 Å². The van der Waals surface area contributed by atoms with Crippen LogP contribution in [0.2, 0.25) is 0 Å². The van der Waals surface area contributed by atoms with Gasteiger partial charge in [0.2, 0.25) is 0 Å². The van der Waals surface area contributed by atoms with Crippen molar-refractivity contribution in [3.8, 4) is 0 Å². The summed E-state index contributed by atoms with van der Waals surface area (Å²) in [5.41, 5.74) is 1.73. The predicted octanol–water partition coefficient (Wildman–Crippen LogP) is 3.38. The number of hydrogen-bond donors (Lipinski definition) is 0. The first kappa shape index (κ1) is 13.8. The average molecular weight is 299 g/mol. The van der Waals surface area contributed by atoms with Gasteiger partial charge >= 0.3 is 0 Å². The zero-order valence-corrected chi connectivity index (χ0v) is 13.0. The number of para-hydroxylation sites is 1. The molecule has 1 amide bonds. The number of hydrogen-bond acceptors (Lipinski definition) is 3. The van der Waals surface area contributed by atoms with Crippen LogP contribution in [0.5, 0.6) is 0 Å². The molecule has 1 aromatic heterocycles. The number of fused-ring (bicyclic) bond motifs is 2. The Morgan fingerprint density at radius 2 is 2.14 bits per heavy atom. The summed E-state index contributed by atoms with van der Waals surface area (Å²) in [6.45, 7) is 5.62. The van der Waals surface area contributed by atoms with Gasteiger partial charge in [-0.25, -0.2) is 0 Å². The molecule has 0 spiro atoms. The number of furan rings is 1. The van der Waals surface area contributed by atoms with Crippen molar-refractivity contribution in [2.75, 3.05) is 13.1 Å². The van der Waals surface area contributed by atoms with Crippen LogP contribution in [-0.4, -0.2) is 36.1 Å². The Morgan fingerprint density at radius 1 is 1.32 bits per heavy atom. The third kappa shape index (κ3) is 2.13. The van der Waals surface area contributed by atoms with Gasteiger partial charge in [0.25, 0.3) is 5.91 Å². The number of aryl methyl sites for hydroxylation is 1. The van der Waals surface area contributed by atoms with Gasteiger partial charge in [-0.2, -0.15) is 0 Å². The van der Waals surface area contributed by atoms with Crippen molar-refractivity contribution in [3.05, 3.63) is 35.6 Å². The zero-order chi connectivity index (χ0) is 15.3. The molecule has 116 valence electrons. The fourth-order valence-corrected chi connectivity index (χ4v) is 3.90. The van der Waals surface area contributed by atoms with Crippen LogP contribution in [0.4, 0.5) is 0 Å². The lowest BCUT2D eigenvalue weighted by molar-refractivity contribution is 0.00788. The van der Waals surface area contributed by atoms with Crippen molar-refractivity contribution in [3.63, 3.8) is 0 Å². The van der Waals surface area contributed by atoms with E-state index in [2.05, 4.69) is 6.92 Å². The summed E-state index contributed by atoms with van der Waals surface area (Å²) >= 11 is 0. The van der Waals surface area contributed by atoms with Gasteiger partial charge in [-0.05, 0) is 32.8 Å². The highest BCUT2D eigenvalue weighted by molar-refractivity contribution is 5.98. The van der Waals surface area contributed by atoms with Crippen molar-refractivity contribution in [2.24, 2.45) is 5.92 Å². The highest BCUT2D eigenvalue weighted by atomic mass is 16.5. The van der Waals surface area contributed by atoms with E-state index < -0.39 is 0 Å². The largest absolute Gasteiger partial charge is 0.451 e. The van der Waals surface area contributed by atoms with Crippen LogP contribution in [0, 0.1) is 12.8 Å². The molecule has 2 aliphatic rings. The Bertz CT molecular complexity index is 720. The molecular formula is C18H21NO3. The molecule has 3 atom stereocenters. The first-order valence-electron chi connectivity index (χ1n) is 8.06. The summed E-state index contributed by atoms with van der Waals surface area (Å²) in [6, 6.07) is 7.83. The van der Waals surface area contributed by atoms with E-state index in [0.717, 1.165) is 42.5 Å².